The molecule has 3 rings (SSSR count). The highest BCUT2D eigenvalue weighted by Gasteiger charge is 2.25. The number of aryl methyl sites for hydroxylation is 1. The lowest BCUT2D eigenvalue weighted by atomic mass is 10.1. The molecular weight excluding hydrogens is 396 g/mol. The van der Waals surface area contributed by atoms with E-state index < -0.39 is 11.6 Å². The first-order chi connectivity index (χ1) is 14.6. The number of anilines is 3. The van der Waals surface area contributed by atoms with Crippen LogP contribution in [0.3, 0.4) is 0 Å². The van der Waals surface area contributed by atoms with Crippen LogP contribution in [0.25, 0.3) is 11.1 Å². The summed E-state index contributed by atoms with van der Waals surface area (Å²) in [5.41, 5.74) is 3.56. The van der Waals surface area contributed by atoms with Crippen molar-refractivity contribution in [1.29, 1.82) is 0 Å². The van der Waals surface area contributed by atoms with Crippen LogP contribution in [0.2, 0.25) is 0 Å². The fraction of sp³-hybridized carbons (Fsp3) is 0.348. The van der Waals surface area contributed by atoms with Gasteiger partial charge < -0.3 is 25.1 Å². The molecule has 0 aliphatic carbocycles. The molecule has 8 nitrogen and oxygen atoms in total. The number of oxazole rings is 1. The maximum absolute atomic E-state index is 12.2. The lowest BCUT2D eigenvalue weighted by molar-refractivity contribution is -0.116. The van der Waals surface area contributed by atoms with Gasteiger partial charge in [0.15, 0.2) is 5.58 Å². The van der Waals surface area contributed by atoms with Gasteiger partial charge in [-0.3, -0.25) is 4.79 Å². The number of amides is 2. The highest BCUT2D eigenvalue weighted by molar-refractivity contribution is 5.91. The molecule has 0 fully saturated rings. The molecule has 0 atom stereocenters. The van der Waals surface area contributed by atoms with Crippen molar-refractivity contribution in [2.45, 2.75) is 46.1 Å². The minimum Gasteiger partial charge on any atom is -0.465 e. The first-order valence-electron chi connectivity index (χ1n) is 10.2. The topological polar surface area (TPSA) is 108 Å². The molecule has 0 bridgehead atoms. The van der Waals surface area contributed by atoms with Gasteiger partial charge in [0.2, 0.25) is 5.91 Å². The molecule has 1 aromatic heterocycles. The summed E-state index contributed by atoms with van der Waals surface area (Å²) < 4.78 is 5.69. The molecule has 2 amide bonds. The molecule has 31 heavy (non-hydrogen) atoms. The fourth-order valence-electron chi connectivity index (χ4n) is 3.19. The zero-order valence-corrected chi connectivity index (χ0v) is 18.2. The van der Waals surface area contributed by atoms with Gasteiger partial charge in [0.25, 0.3) is 6.01 Å². The zero-order chi connectivity index (χ0) is 22.6. The monoisotopic (exact) mass is 424 g/mol. The molecule has 3 aromatic rings. The smallest absolute Gasteiger partial charge is 0.407 e. The number of hydrogen-bond acceptors (Lipinski definition) is 5. The maximum Gasteiger partial charge on any atom is 0.407 e. The largest absolute Gasteiger partial charge is 0.465 e. The number of nitrogens with one attached hydrogen (secondary N) is 2. The Labute approximate surface area is 181 Å². The minimum atomic E-state index is -0.981. The van der Waals surface area contributed by atoms with E-state index in [-0.39, 0.29) is 12.3 Å². The second-order valence-corrected chi connectivity index (χ2v) is 8.45. The van der Waals surface area contributed by atoms with E-state index in [4.69, 9.17) is 4.42 Å². The number of aromatic nitrogens is 1. The Balaban J connectivity index is 1.51. The van der Waals surface area contributed by atoms with E-state index in [1.54, 1.807) is 12.1 Å². The number of carbonyl (C=O) groups excluding carboxylic acids is 1. The van der Waals surface area contributed by atoms with Crippen molar-refractivity contribution in [3.8, 4) is 0 Å². The van der Waals surface area contributed by atoms with Crippen molar-refractivity contribution >= 4 is 40.5 Å². The van der Waals surface area contributed by atoms with Gasteiger partial charge in [-0.2, -0.15) is 4.98 Å². The van der Waals surface area contributed by atoms with Gasteiger partial charge in [-0.25, -0.2) is 4.79 Å². The lowest BCUT2D eigenvalue weighted by Gasteiger charge is -2.33. The predicted molar refractivity (Wildman–Crippen MR) is 121 cm³/mol. The van der Waals surface area contributed by atoms with Crippen LogP contribution < -0.4 is 10.6 Å². The maximum atomic E-state index is 12.2. The van der Waals surface area contributed by atoms with Crippen molar-refractivity contribution < 1.29 is 19.1 Å². The number of hydrogen-bond donors (Lipinski definition) is 3. The van der Waals surface area contributed by atoms with Crippen molar-refractivity contribution in [3.63, 3.8) is 0 Å². The highest BCUT2D eigenvalue weighted by atomic mass is 16.4. The summed E-state index contributed by atoms with van der Waals surface area (Å²) >= 11 is 0. The normalized spacial score (nSPS) is 11.4. The Morgan fingerprint density at radius 1 is 1.10 bits per heavy atom. The molecule has 3 N–H and O–H groups in total. The summed E-state index contributed by atoms with van der Waals surface area (Å²) in [5.74, 6) is -0.158. The third-order valence-corrected chi connectivity index (χ3v) is 4.79. The van der Waals surface area contributed by atoms with Gasteiger partial charge >= 0.3 is 6.09 Å². The summed E-state index contributed by atoms with van der Waals surface area (Å²) in [5, 5.41) is 15.2. The summed E-state index contributed by atoms with van der Waals surface area (Å²) in [4.78, 5) is 29.3. The molecule has 2 aromatic carbocycles. The van der Waals surface area contributed by atoms with Crippen LogP contribution in [-0.2, 0) is 4.79 Å². The van der Waals surface area contributed by atoms with Crippen molar-refractivity contribution in [2.24, 2.45) is 0 Å². The van der Waals surface area contributed by atoms with Gasteiger partial charge in [-0.15, -0.1) is 0 Å². The van der Waals surface area contributed by atoms with Crippen LogP contribution in [-0.4, -0.2) is 39.1 Å². The molecule has 0 aliphatic heterocycles. The van der Waals surface area contributed by atoms with E-state index in [9.17, 15) is 14.7 Å². The Morgan fingerprint density at radius 2 is 1.77 bits per heavy atom. The van der Waals surface area contributed by atoms with Crippen molar-refractivity contribution in [2.75, 3.05) is 17.2 Å². The van der Waals surface area contributed by atoms with Crippen LogP contribution in [0.5, 0.6) is 0 Å². The Kier molecular flexibility index (Phi) is 6.48. The molecular formula is C23H28N4O4. The number of fused-ring (bicyclic) bond motifs is 1. The van der Waals surface area contributed by atoms with E-state index in [1.165, 1.54) is 4.90 Å². The first-order valence-corrected chi connectivity index (χ1v) is 10.2. The molecule has 0 spiro atoms. The number of carbonyl (C=O) groups is 2. The average molecular weight is 425 g/mol. The predicted octanol–water partition coefficient (Wildman–Crippen LogP) is 5.38. The van der Waals surface area contributed by atoms with Crippen molar-refractivity contribution in [1.82, 2.24) is 9.88 Å². The Hall–Kier alpha value is -3.55. The van der Waals surface area contributed by atoms with E-state index >= 15 is 0 Å². The van der Waals surface area contributed by atoms with Crippen LogP contribution >= 0.6 is 0 Å². The van der Waals surface area contributed by atoms with Gasteiger partial charge in [-0.1, -0.05) is 6.07 Å². The zero-order valence-electron chi connectivity index (χ0n) is 18.2. The number of carboxylic acid groups (broad SMARTS) is 1. The van der Waals surface area contributed by atoms with Crippen LogP contribution in [0.4, 0.5) is 22.2 Å². The number of rotatable bonds is 7. The second kappa shape index (κ2) is 9.07. The third kappa shape index (κ3) is 5.97. The summed E-state index contributed by atoms with van der Waals surface area (Å²) in [6.07, 6.45) is -0.293. The Bertz CT molecular complexity index is 1070. The van der Waals surface area contributed by atoms with Gasteiger partial charge in [-0.05, 0) is 76.1 Å². The summed E-state index contributed by atoms with van der Waals surface area (Å²) in [7, 11) is 0. The molecule has 0 unspecified atom stereocenters. The summed E-state index contributed by atoms with van der Waals surface area (Å²) in [6.45, 7) is 7.80. The van der Waals surface area contributed by atoms with Gasteiger partial charge in [0, 0.05) is 29.9 Å². The fourth-order valence-corrected chi connectivity index (χ4v) is 3.19. The molecule has 0 saturated heterocycles. The van der Waals surface area contributed by atoms with E-state index in [2.05, 4.69) is 15.6 Å². The molecule has 0 radical (unpaired) electrons. The number of nitrogens with zero attached hydrogens (tertiary/aromatic N) is 2. The Morgan fingerprint density at radius 3 is 2.42 bits per heavy atom. The van der Waals surface area contributed by atoms with Gasteiger partial charge in [0.05, 0.1) is 0 Å². The molecule has 0 saturated carbocycles. The van der Waals surface area contributed by atoms with E-state index in [0.717, 1.165) is 16.8 Å². The second-order valence-electron chi connectivity index (χ2n) is 8.45. The van der Waals surface area contributed by atoms with E-state index in [1.807, 2.05) is 58.0 Å². The lowest BCUT2D eigenvalue weighted by Crippen LogP contribution is -2.45. The average Bonchev–Trinajstić information content (AvgIpc) is 3.06. The van der Waals surface area contributed by atoms with Crippen LogP contribution in [0.15, 0.2) is 46.9 Å². The molecule has 8 heteroatoms. The van der Waals surface area contributed by atoms with Crippen LogP contribution in [0, 0.1) is 6.92 Å². The quantitative estimate of drug-likeness (QED) is 0.470. The van der Waals surface area contributed by atoms with Gasteiger partial charge in [0.1, 0.15) is 5.52 Å². The standard InChI is InChI=1S/C23H28N4O4/c1-15-7-12-19-18(14-15)26-21(31-19)25-17-10-8-16(9-11-17)24-20(28)6-5-13-27(22(29)30)23(2,3)4/h7-12,14H,5-6,13H2,1-4H3,(H,24,28)(H,25,26)(H,29,30). The highest BCUT2D eigenvalue weighted by Crippen LogP contribution is 2.24. The van der Waals surface area contributed by atoms with Crippen LogP contribution in [0.1, 0.15) is 39.2 Å². The molecule has 164 valence electrons. The molecule has 0 aliphatic rings. The van der Waals surface area contributed by atoms with Crippen molar-refractivity contribution in [3.05, 3.63) is 48.0 Å². The minimum absolute atomic E-state index is 0.158. The third-order valence-electron chi connectivity index (χ3n) is 4.79. The van der Waals surface area contributed by atoms with E-state index in [0.29, 0.717) is 30.3 Å². The molecule has 1 heterocycles. The number of benzene rings is 2. The SMILES string of the molecule is Cc1ccc2oc(Nc3ccc(NC(=O)CCCN(C(=O)O)C(C)(C)C)cc3)nc2c1. The first kappa shape index (κ1) is 22.1. The summed E-state index contributed by atoms with van der Waals surface area (Å²) in [6, 6.07) is 13.4.